The fraction of sp³-hybridized carbons (Fsp3) is 0.400. The molecule has 0 aliphatic carbocycles. The molecule has 3 rings (SSSR count). The molecule has 3 aromatic rings. The lowest BCUT2D eigenvalue weighted by molar-refractivity contribution is -0.144. The summed E-state index contributed by atoms with van der Waals surface area (Å²) in [5.74, 6) is 0. The monoisotopic (exact) mass is 437 g/mol. The molecule has 0 saturated heterocycles. The predicted molar refractivity (Wildman–Crippen MR) is 115 cm³/mol. The van der Waals surface area contributed by atoms with Gasteiger partial charge in [-0.15, -0.1) is 0 Å². The lowest BCUT2D eigenvalue weighted by Crippen LogP contribution is -2.18. The second kappa shape index (κ2) is 10.4. The van der Waals surface area contributed by atoms with Crippen molar-refractivity contribution in [3.05, 3.63) is 53.1 Å². The van der Waals surface area contributed by atoms with Crippen LogP contribution in [0.3, 0.4) is 0 Å². The van der Waals surface area contributed by atoms with Gasteiger partial charge in [0.2, 0.25) is 13.7 Å². The Morgan fingerprint density at radius 2 is 1.79 bits per heavy atom. The number of aromatic nitrogens is 3. The summed E-state index contributed by atoms with van der Waals surface area (Å²) in [5, 5.41) is 2.06. The molecule has 0 radical (unpaired) electrons. The summed E-state index contributed by atoms with van der Waals surface area (Å²) < 4.78 is 24.9. The number of benzene rings is 1. The molecule has 0 bridgehead atoms. The zero-order chi connectivity index (χ0) is 20.8. The Bertz CT molecular complexity index is 943. The molecule has 9 heteroatoms. The van der Waals surface area contributed by atoms with Gasteiger partial charge in [-0.25, -0.2) is 4.98 Å². The van der Waals surface area contributed by atoms with Gasteiger partial charge in [-0.1, -0.05) is 18.2 Å². The van der Waals surface area contributed by atoms with Crippen LogP contribution in [-0.4, -0.2) is 42.0 Å². The number of halogens is 1. The van der Waals surface area contributed by atoms with E-state index >= 15 is 0 Å². The highest BCUT2D eigenvalue weighted by atomic mass is 35.5. The van der Waals surface area contributed by atoms with E-state index in [-0.39, 0.29) is 5.28 Å². The highest BCUT2D eigenvalue weighted by Crippen LogP contribution is 2.37. The van der Waals surface area contributed by atoms with Gasteiger partial charge in [-0.05, 0) is 43.1 Å². The molecule has 0 aliphatic rings. The van der Waals surface area contributed by atoms with Crippen LogP contribution in [0.4, 0.5) is 0 Å². The minimum Gasteiger partial charge on any atom is -0.347 e. The summed E-state index contributed by atoms with van der Waals surface area (Å²) in [6, 6.07) is 10.0. The molecule has 0 amide bonds. The molecule has 0 aliphatic heterocycles. The van der Waals surface area contributed by atoms with E-state index in [0.717, 1.165) is 27.6 Å². The number of hydrogen-bond acceptors (Lipinski definition) is 6. The van der Waals surface area contributed by atoms with Crippen LogP contribution in [0.15, 0.2) is 36.5 Å². The van der Waals surface area contributed by atoms with Crippen molar-refractivity contribution in [3.8, 4) is 0 Å². The molecule has 7 nitrogen and oxygen atoms in total. The van der Waals surface area contributed by atoms with Gasteiger partial charge in [0, 0.05) is 44.3 Å². The Balaban J connectivity index is 2.13. The summed E-state index contributed by atoms with van der Waals surface area (Å²) >= 11 is 6.10. The Morgan fingerprint density at radius 3 is 2.45 bits per heavy atom. The molecule has 2 aromatic heterocycles. The minimum atomic E-state index is -1.18. The Labute approximate surface area is 176 Å². The van der Waals surface area contributed by atoms with Crippen LogP contribution in [-0.2, 0) is 25.1 Å². The van der Waals surface area contributed by atoms with Crippen molar-refractivity contribution in [2.24, 2.45) is 0 Å². The molecule has 0 spiro atoms. The SMILES string of the molecule is CCOC(OCC)c1cc2cnc(Cl)nc2n1Cc1ccccc1P(OC)OC. The third-order valence-electron chi connectivity index (χ3n) is 4.36. The van der Waals surface area contributed by atoms with Gasteiger partial charge in [0.05, 0.1) is 12.2 Å². The van der Waals surface area contributed by atoms with Crippen LogP contribution in [0.2, 0.25) is 5.28 Å². The minimum absolute atomic E-state index is 0.192. The summed E-state index contributed by atoms with van der Waals surface area (Å²) in [6.45, 7) is 5.46. The second-order valence-corrected chi connectivity index (χ2v) is 8.13. The quantitative estimate of drug-likeness (QED) is 0.265. The first-order chi connectivity index (χ1) is 14.1. The maximum Gasteiger partial charge on any atom is 0.224 e. The Hall–Kier alpha value is -1.60. The van der Waals surface area contributed by atoms with Gasteiger partial charge in [-0.3, -0.25) is 0 Å². The maximum absolute atomic E-state index is 6.10. The van der Waals surface area contributed by atoms with Crippen LogP contribution in [0.1, 0.15) is 31.4 Å². The van der Waals surface area contributed by atoms with Crippen LogP contribution in [0, 0.1) is 0 Å². The maximum atomic E-state index is 6.10. The van der Waals surface area contributed by atoms with Gasteiger partial charge in [0.1, 0.15) is 5.65 Å². The van der Waals surface area contributed by atoms with Crippen LogP contribution in [0.25, 0.3) is 11.0 Å². The molecule has 0 N–H and O–H groups in total. The van der Waals surface area contributed by atoms with Crippen molar-refractivity contribution < 1.29 is 18.5 Å². The second-order valence-electron chi connectivity index (χ2n) is 6.07. The first kappa shape index (κ1) is 22.1. The van der Waals surface area contributed by atoms with Crippen molar-refractivity contribution in [3.63, 3.8) is 0 Å². The number of hydrogen-bond donors (Lipinski definition) is 0. The fourth-order valence-electron chi connectivity index (χ4n) is 3.19. The van der Waals surface area contributed by atoms with E-state index in [0.29, 0.717) is 19.8 Å². The average molecular weight is 438 g/mol. The highest BCUT2D eigenvalue weighted by molar-refractivity contribution is 7.56. The third-order valence-corrected chi connectivity index (χ3v) is 6.04. The lowest BCUT2D eigenvalue weighted by Gasteiger charge is -2.21. The van der Waals surface area contributed by atoms with E-state index in [2.05, 4.69) is 20.6 Å². The van der Waals surface area contributed by atoms with E-state index in [4.69, 9.17) is 30.1 Å². The molecule has 1 aromatic carbocycles. The molecular weight excluding hydrogens is 413 g/mol. The third kappa shape index (κ3) is 4.94. The van der Waals surface area contributed by atoms with Gasteiger partial charge in [0.15, 0.2) is 6.29 Å². The number of nitrogens with zero attached hydrogens (tertiary/aromatic N) is 3. The van der Waals surface area contributed by atoms with Crippen LogP contribution < -0.4 is 5.30 Å². The Morgan fingerprint density at radius 1 is 1.10 bits per heavy atom. The van der Waals surface area contributed by atoms with Gasteiger partial charge in [-0.2, -0.15) is 4.98 Å². The summed E-state index contributed by atoms with van der Waals surface area (Å²) in [5.41, 5.74) is 2.63. The van der Waals surface area contributed by atoms with E-state index in [1.165, 1.54) is 0 Å². The normalized spacial score (nSPS) is 11.8. The lowest BCUT2D eigenvalue weighted by atomic mass is 10.2. The van der Waals surface area contributed by atoms with Crippen molar-refractivity contribution in [2.75, 3.05) is 27.4 Å². The molecule has 0 fully saturated rings. The fourth-order valence-corrected chi connectivity index (χ4v) is 4.45. The highest BCUT2D eigenvalue weighted by Gasteiger charge is 2.23. The largest absolute Gasteiger partial charge is 0.347 e. The summed E-state index contributed by atoms with van der Waals surface area (Å²) in [4.78, 5) is 8.57. The molecular formula is C20H25ClN3O4P. The zero-order valence-electron chi connectivity index (χ0n) is 17.0. The number of rotatable bonds is 10. The van der Waals surface area contributed by atoms with Crippen molar-refractivity contribution in [2.45, 2.75) is 26.7 Å². The first-order valence-corrected chi connectivity index (χ1v) is 10.9. The average Bonchev–Trinajstić information content (AvgIpc) is 3.07. The smallest absolute Gasteiger partial charge is 0.224 e. The summed E-state index contributed by atoms with van der Waals surface area (Å²) in [6.07, 6.45) is 1.19. The van der Waals surface area contributed by atoms with Gasteiger partial charge >= 0.3 is 0 Å². The molecule has 0 unspecified atom stereocenters. The van der Waals surface area contributed by atoms with E-state index in [9.17, 15) is 0 Å². The van der Waals surface area contributed by atoms with Crippen molar-refractivity contribution >= 4 is 36.3 Å². The standard InChI is InChI=1S/C20H25ClN3O4P/c1-5-27-19(28-6-2)16-11-15-12-22-20(21)23-18(15)24(16)13-14-9-7-8-10-17(14)29(25-3)26-4/h7-12,19H,5-6,13H2,1-4H3. The van der Waals surface area contributed by atoms with Crippen LogP contribution >= 0.6 is 20.0 Å². The van der Waals surface area contributed by atoms with E-state index in [1.54, 1.807) is 20.4 Å². The predicted octanol–water partition coefficient (Wildman–Crippen LogP) is 4.43. The van der Waals surface area contributed by atoms with Crippen molar-refractivity contribution in [1.82, 2.24) is 14.5 Å². The van der Waals surface area contributed by atoms with E-state index in [1.807, 2.05) is 38.1 Å². The Kier molecular flexibility index (Phi) is 7.95. The topological polar surface area (TPSA) is 67.6 Å². The number of fused-ring (bicyclic) bond motifs is 1. The molecule has 0 atom stereocenters. The first-order valence-electron chi connectivity index (χ1n) is 9.34. The van der Waals surface area contributed by atoms with Crippen LogP contribution in [0.5, 0.6) is 0 Å². The van der Waals surface area contributed by atoms with Crippen molar-refractivity contribution in [1.29, 1.82) is 0 Å². The molecule has 29 heavy (non-hydrogen) atoms. The van der Waals surface area contributed by atoms with Gasteiger partial charge < -0.3 is 23.1 Å². The summed E-state index contributed by atoms with van der Waals surface area (Å²) in [7, 11) is 2.12. The van der Waals surface area contributed by atoms with E-state index < -0.39 is 14.7 Å². The zero-order valence-corrected chi connectivity index (χ0v) is 18.6. The molecule has 0 saturated carbocycles. The molecule has 2 heterocycles. The molecule has 156 valence electrons. The van der Waals surface area contributed by atoms with Gasteiger partial charge in [0.25, 0.3) is 0 Å². The number of ether oxygens (including phenoxy) is 2.